The van der Waals surface area contributed by atoms with Crippen molar-refractivity contribution in [2.75, 3.05) is 31.6 Å². The minimum absolute atomic E-state index is 0.0401. The number of aryl methyl sites for hydroxylation is 1. The number of carbonyl (C=O) groups excluding carboxylic acids is 2. The van der Waals surface area contributed by atoms with Crippen LogP contribution in [0.2, 0.25) is 0 Å². The van der Waals surface area contributed by atoms with Crippen LogP contribution in [-0.2, 0) is 16.5 Å². The molecule has 1 aliphatic heterocycles. The topological polar surface area (TPSA) is 64.0 Å². The second-order valence-corrected chi connectivity index (χ2v) is 8.32. The molecule has 1 unspecified atom stereocenters. The molecular formula is C21H29N3O4. The second-order valence-electron chi connectivity index (χ2n) is 8.32. The molecule has 1 amide bonds. The summed E-state index contributed by atoms with van der Waals surface area (Å²) in [6.45, 7) is 9.72. The monoisotopic (exact) mass is 387 g/mol. The van der Waals surface area contributed by atoms with E-state index in [1.54, 1.807) is 11.1 Å². The molecule has 7 nitrogen and oxygen atoms in total. The predicted molar refractivity (Wildman–Crippen MR) is 109 cm³/mol. The number of methoxy groups -OCH3 is 1. The number of esters is 1. The molecule has 0 spiro atoms. The van der Waals surface area contributed by atoms with E-state index in [-0.39, 0.29) is 18.1 Å². The molecule has 0 saturated carbocycles. The van der Waals surface area contributed by atoms with Crippen LogP contribution < -0.4 is 4.90 Å². The number of amides is 1. The van der Waals surface area contributed by atoms with Gasteiger partial charge in [-0.05, 0) is 45.9 Å². The number of anilines is 1. The molecule has 0 aliphatic carbocycles. The summed E-state index contributed by atoms with van der Waals surface area (Å²) in [5, 5.41) is 0.874. The van der Waals surface area contributed by atoms with Gasteiger partial charge in [-0.1, -0.05) is 0 Å². The zero-order valence-electron chi connectivity index (χ0n) is 17.5. The summed E-state index contributed by atoms with van der Waals surface area (Å²) < 4.78 is 12.3. The number of ether oxygens (including phenoxy) is 2. The number of hydrogen-bond donors (Lipinski definition) is 0. The zero-order valence-corrected chi connectivity index (χ0v) is 17.5. The number of fused-ring (bicyclic) bond motifs is 1. The normalized spacial score (nSPS) is 17.7. The van der Waals surface area contributed by atoms with Crippen molar-refractivity contribution in [3.05, 3.63) is 30.0 Å². The summed E-state index contributed by atoms with van der Waals surface area (Å²) in [5.41, 5.74) is 2.11. The number of benzene rings is 1. The number of nitrogens with zero attached hydrogens (tertiary/aromatic N) is 3. The molecule has 3 rings (SSSR count). The van der Waals surface area contributed by atoms with Gasteiger partial charge in [-0.15, -0.1) is 0 Å². The molecule has 0 radical (unpaired) electrons. The van der Waals surface area contributed by atoms with E-state index >= 15 is 0 Å². The molecule has 1 aromatic heterocycles. The fraction of sp³-hybridized carbons (Fsp3) is 0.524. The maximum Gasteiger partial charge on any atom is 0.410 e. The third-order valence-corrected chi connectivity index (χ3v) is 5.00. The fourth-order valence-corrected chi connectivity index (χ4v) is 3.63. The van der Waals surface area contributed by atoms with Crippen LogP contribution in [0, 0.1) is 0 Å². The Morgan fingerprint density at radius 1 is 1.18 bits per heavy atom. The van der Waals surface area contributed by atoms with Gasteiger partial charge in [0.05, 0.1) is 18.2 Å². The lowest BCUT2D eigenvalue weighted by Gasteiger charge is -2.41. The Kier molecular flexibility index (Phi) is 5.28. The van der Waals surface area contributed by atoms with Crippen molar-refractivity contribution >= 4 is 28.7 Å². The molecule has 1 saturated heterocycles. The van der Waals surface area contributed by atoms with Gasteiger partial charge in [0.1, 0.15) is 5.60 Å². The van der Waals surface area contributed by atoms with Gasteiger partial charge in [0, 0.05) is 50.0 Å². The van der Waals surface area contributed by atoms with Crippen LogP contribution in [0.15, 0.2) is 24.4 Å². The standard InChI is InChI=1S/C21H29N3O4/c1-14-12-23(9-10-24(14)20(26)28-21(2,3)4)15-7-8-16-17(19(25)27-6)13-22(5)18(16)11-15/h7-8,11,13-14H,9-10,12H2,1-6H3. The van der Waals surface area contributed by atoms with E-state index in [1.165, 1.54) is 7.11 Å². The quantitative estimate of drug-likeness (QED) is 0.739. The van der Waals surface area contributed by atoms with E-state index in [2.05, 4.69) is 11.0 Å². The minimum atomic E-state index is -0.497. The Balaban J connectivity index is 1.78. The van der Waals surface area contributed by atoms with E-state index in [4.69, 9.17) is 9.47 Å². The van der Waals surface area contributed by atoms with Crippen LogP contribution in [0.4, 0.5) is 10.5 Å². The third kappa shape index (κ3) is 3.93. The Morgan fingerprint density at radius 3 is 2.50 bits per heavy atom. The van der Waals surface area contributed by atoms with Gasteiger partial charge in [0.2, 0.25) is 0 Å². The van der Waals surface area contributed by atoms with E-state index in [0.717, 1.165) is 29.7 Å². The average Bonchev–Trinajstić information content (AvgIpc) is 2.95. The molecule has 0 bridgehead atoms. The second kappa shape index (κ2) is 7.37. The molecular weight excluding hydrogens is 358 g/mol. The van der Waals surface area contributed by atoms with Gasteiger partial charge in [-0.3, -0.25) is 0 Å². The van der Waals surface area contributed by atoms with Crippen LogP contribution in [-0.4, -0.2) is 59.9 Å². The highest BCUT2D eigenvalue weighted by Gasteiger charge is 2.31. The largest absolute Gasteiger partial charge is 0.465 e. The van der Waals surface area contributed by atoms with Crippen molar-refractivity contribution in [3.8, 4) is 0 Å². The smallest absolute Gasteiger partial charge is 0.410 e. The first kappa shape index (κ1) is 20.0. The van der Waals surface area contributed by atoms with E-state index < -0.39 is 5.60 Å². The first-order valence-electron chi connectivity index (χ1n) is 9.52. The van der Waals surface area contributed by atoms with Gasteiger partial charge in [0.15, 0.2) is 0 Å². The van der Waals surface area contributed by atoms with Gasteiger partial charge < -0.3 is 23.8 Å². The number of piperazine rings is 1. The van der Waals surface area contributed by atoms with Crippen molar-refractivity contribution < 1.29 is 19.1 Å². The van der Waals surface area contributed by atoms with Crippen molar-refractivity contribution in [3.63, 3.8) is 0 Å². The van der Waals surface area contributed by atoms with Crippen LogP contribution in [0.25, 0.3) is 10.9 Å². The van der Waals surface area contributed by atoms with Gasteiger partial charge in [-0.2, -0.15) is 0 Å². The maximum atomic E-state index is 12.4. The van der Waals surface area contributed by atoms with Crippen LogP contribution in [0.3, 0.4) is 0 Å². The first-order valence-corrected chi connectivity index (χ1v) is 9.52. The lowest BCUT2D eigenvalue weighted by Crippen LogP contribution is -2.55. The average molecular weight is 387 g/mol. The molecule has 1 aromatic carbocycles. The van der Waals surface area contributed by atoms with Crippen LogP contribution in [0.1, 0.15) is 38.1 Å². The number of aromatic nitrogens is 1. The summed E-state index contributed by atoms with van der Waals surface area (Å²) in [6, 6.07) is 6.10. The van der Waals surface area contributed by atoms with Crippen molar-refractivity contribution in [2.24, 2.45) is 7.05 Å². The van der Waals surface area contributed by atoms with Crippen molar-refractivity contribution in [1.82, 2.24) is 9.47 Å². The Labute approximate surface area is 165 Å². The molecule has 28 heavy (non-hydrogen) atoms. The predicted octanol–water partition coefficient (Wildman–Crippen LogP) is 3.41. The Morgan fingerprint density at radius 2 is 1.89 bits per heavy atom. The minimum Gasteiger partial charge on any atom is -0.465 e. The van der Waals surface area contributed by atoms with E-state index in [9.17, 15) is 9.59 Å². The van der Waals surface area contributed by atoms with E-state index in [1.807, 2.05) is 51.4 Å². The molecule has 1 fully saturated rings. The highest BCUT2D eigenvalue weighted by molar-refractivity contribution is 6.05. The number of carbonyl (C=O) groups is 2. The van der Waals surface area contributed by atoms with E-state index in [0.29, 0.717) is 12.1 Å². The SMILES string of the molecule is COC(=O)c1cn(C)c2cc(N3CCN(C(=O)OC(C)(C)C)C(C)C3)ccc12. The summed E-state index contributed by atoms with van der Waals surface area (Å²) in [6.07, 6.45) is 1.53. The van der Waals surface area contributed by atoms with Crippen LogP contribution in [0.5, 0.6) is 0 Å². The maximum absolute atomic E-state index is 12.4. The number of hydrogen-bond acceptors (Lipinski definition) is 5. The molecule has 1 atom stereocenters. The Bertz CT molecular complexity index is 897. The highest BCUT2D eigenvalue weighted by atomic mass is 16.6. The first-order chi connectivity index (χ1) is 13.1. The van der Waals surface area contributed by atoms with Crippen molar-refractivity contribution in [1.29, 1.82) is 0 Å². The van der Waals surface area contributed by atoms with Gasteiger partial charge >= 0.3 is 12.1 Å². The van der Waals surface area contributed by atoms with Crippen LogP contribution >= 0.6 is 0 Å². The third-order valence-electron chi connectivity index (χ3n) is 5.00. The lowest BCUT2D eigenvalue weighted by molar-refractivity contribution is 0.0159. The molecule has 2 heterocycles. The fourth-order valence-electron chi connectivity index (χ4n) is 3.63. The van der Waals surface area contributed by atoms with Crippen molar-refractivity contribution in [2.45, 2.75) is 39.3 Å². The summed E-state index contributed by atoms with van der Waals surface area (Å²) in [5.74, 6) is -0.335. The van der Waals surface area contributed by atoms with Gasteiger partial charge in [0.25, 0.3) is 0 Å². The molecule has 1 aliphatic rings. The summed E-state index contributed by atoms with van der Waals surface area (Å²) >= 11 is 0. The Hall–Kier alpha value is -2.70. The highest BCUT2D eigenvalue weighted by Crippen LogP contribution is 2.28. The summed E-state index contributed by atoms with van der Waals surface area (Å²) in [7, 11) is 3.31. The molecule has 0 N–H and O–H groups in total. The van der Waals surface area contributed by atoms with Gasteiger partial charge in [-0.25, -0.2) is 9.59 Å². The molecule has 2 aromatic rings. The molecule has 152 valence electrons. The molecule has 7 heteroatoms. The number of rotatable bonds is 2. The lowest BCUT2D eigenvalue weighted by atomic mass is 10.1. The summed E-state index contributed by atoms with van der Waals surface area (Å²) in [4.78, 5) is 28.4. The zero-order chi connectivity index (χ0) is 20.6.